The van der Waals surface area contributed by atoms with Crippen LogP contribution in [0.4, 0.5) is 5.82 Å². The Morgan fingerprint density at radius 1 is 1.47 bits per heavy atom. The SMILES string of the molecule is CCCNc1ncccc1C(=O)NCCSC. The highest BCUT2D eigenvalue weighted by Gasteiger charge is 2.10. The van der Waals surface area contributed by atoms with Crippen molar-refractivity contribution in [3.05, 3.63) is 23.9 Å². The number of rotatable bonds is 7. The summed E-state index contributed by atoms with van der Waals surface area (Å²) in [4.78, 5) is 16.1. The van der Waals surface area contributed by atoms with Gasteiger partial charge in [-0.05, 0) is 24.8 Å². The molecule has 0 fully saturated rings. The van der Waals surface area contributed by atoms with Crippen LogP contribution < -0.4 is 10.6 Å². The maximum atomic E-state index is 11.9. The van der Waals surface area contributed by atoms with Crippen molar-refractivity contribution in [1.29, 1.82) is 0 Å². The molecule has 0 aliphatic rings. The lowest BCUT2D eigenvalue weighted by Gasteiger charge is -2.10. The van der Waals surface area contributed by atoms with Gasteiger partial charge in [0.1, 0.15) is 5.82 Å². The molecule has 0 atom stereocenters. The van der Waals surface area contributed by atoms with Gasteiger partial charge >= 0.3 is 0 Å². The van der Waals surface area contributed by atoms with E-state index < -0.39 is 0 Å². The molecular formula is C12H19N3OS. The van der Waals surface area contributed by atoms with E-state index in [1.54, 1.807) is 30.1 Å². The number of hydrogen-bond donors (Lipinski definition) is 2. The Bertz CT molecular complexity index is 357. The van der Waals surface area contributed by atoms with E-state index in [0.29, 0.717) is 17.9 Å². The third-order valence-electron chi connectivity index (χ3n) is 2.19. The van der Waals surface area contributed by atoms with Gasteiger partial charge < -0.3 is 10.6 Å². The lowest BCUT2D eigenvalue weighted by molar-refractivity contribution is 0.0956. The zero-order valence-corrected chi connectivity index (χ0v) is 11.1. The Morgan fingerprint density at radius 3 is 3.00 bits per heavy atom. The van der Waals surface area contributed by atoms with E-state index in [-0.39, 0.29) is 5.91 Å². The minimum Gasteiger partial charge on any atom is -0.369 e. The van der Waals surface area contributed by atoms with Crippen molar-refractivity contribution in [2.45, 2.75) is 13.3 Å². The second kappa shape index (κ2) is 7.95. The van der Waals surface area contributed by atoms with Gasteiger partial charge in [0.15, 0.2) is 0 Å². The zero-order chi connectivity index (χ0) is 12.5. The molecule has 4 nitrogen and oxygen atoms in total. The van der Waals surface area contributed by atoms with E-state index in [9.17, 15) is 4.79 Å². The number of anilines is 1. The standard InChI is InChI=1S/C12H19N3OS/c1-3-6-13-11-10(5-4-7-14-11)12(16)15-8-9-17-2/h4-5,7H,3,6,8-9H2,1-2H3,(H,13,14)(H,15,16). The number of nitrogens with zero attached hydrogens (tertiary/aromatic N) is 1. The van der Waals surface area contributed by atoms with Crippen LogP contribution >= 0.6 is 11.8 Å². The molecule has 0 spiro atoms. The van der Waals surface area contributed by atoms with E-state index in [1.807, 2.05) is 6.26 Å². The third kappa shape index (κ3) is 4.65. The highest BCUT2D eigenvalue weighted by molar-refractivity contribution is 7.98. The molecule has 1 aromatic rings. The monoisotopic (exact) mass is 253 g/mol. The molecule has 1 aromatic heterocycles. The van der Waals surface area contributed by atoms with Crippen LogP contribution in [0.1, 0.15) is 23.7 Å². The second-order valence-corrected chi connectivity index (χ2v) is 4.56. The van der Waals surface area contributed by atoms with Gasteiger partial charge in [-0.25, -0.2) is 4.98 Å². The van der Waals surface area contributed by atoms with Gasteiger partial charge in [-0.15, -0.1) is 0 Å². The smallest absolute Gasteiger partial charge is 0.255 e. The Kier molecular flexibility index (Phi) is 6.47. The Labute approximate surface area is 107 Å². The summed E-state index contributed by atoms with van der Waals surface area (Å²) in [5.74, 6) is 1.52. The van der Waals surface area contributed by atoms with Gasteiger partial charge in [0, 0.05) is 25.0 Å². The number of thioether (sulfide) groups is 1. The molecule has 0 aliphatic heterocycles. The van der Waals surface area contributed by atoms with Crippen LogP contribution in [0.25, 0.3) is 0 Å². The molecule has 0 unspecified atom stereocenters. The van der Waals surface area contributed by atoms with Gasteiger partial charge in [0.2, 0.25) is 0 Å². The van der Waals surface area contributed by atoms with Gasteiger partial charge in [-0.3, -0.25) is 4.79 Å². The van der Waals surface area contributed by atoms with Crippen molar-refractivity contribution in [3.8, 4) is 0 Å². The fraction of sp³-hybridized carbons (Fsp3) is 0.500. The minimum atomic E-state index is -0.0641. The molecule has 0 saturated carbocycles. The van der Waals surface area contributed by atoms with Crippen LogP contribution in [0, 0.1) is 0 Å². The van der Waals surface area contributed by atoms with Crippen LogP contribution in [0.15, 0.2) is 18.3 Å². The second-order valence-electron chi connectivity index (χ2n) is 3.58. The lowest BCUT2D eigenvalue weighted by Crippen LogP contribution is -2.27. The lowest BCUT2D eigenvalue weighted by atomic mass is 10.2. The number of carbonyl (C=O) groups excluding carboxylic acids is 1. The van der Waals surface area contributed by atoms with E-state index in [2.05, 4.69) is 22.5 Å². The number of carbonyl (C=O) groups is 1. The molecule has 17 heavy (non-hydrogen) atoms. The zero-order valence-electron chi connectivity index (χ0n) is 10.3. The van der Waals surface area contributed by atoms with Crippen molar-refractivity contribution in [1.82, 2.24) is 10.3 Å². The molecule has 2 N–H and O–H groups in total. The molecule has 0 saturated heterocycles. The molecule has 0 bridgehead atoms. The van der Waals surface area contributed by atoms with Gasteiger partial charge in [0.25, 0.3) is 5.91 Å². The van der Waals surface area contributed by atoms with Crippen molar-refractivity contribution >= 4 is 23.5 Å². The van der Waals surface area contributed by atoms with Crippen molar-refractivity contribution in [2.75, 3.05) is 30.4 Å². The van der Waals surface area contributed by atoms with E-state index in [1.165, 1.54) is 0 Å². The number of aromatic nitrogens is 1. The van der Waals surface area contributed by atoms with Crippen molar-refractivity contribution in [3.63, 3.8) is 0 Å². The van der Waals surface area contributed by atoms with E-state index in [0.717, 1.165) is 18.7 Å². The first-order valence-electron chi connectivity index (χ1n) is 5.75. The third-order valence-corrected chi connectivity index (χ3v) is 2.80. The van der Waals surface area contributed by atoms with E-state index >= 15 is 0 Å². The first kappa shape index (κ1) is 13.8. The largest absolute Gasteiger partial charge is 0.369 e. The minimum absolute atomic E-state index is 0.0641. The summed E-state index contributed by atoms with van der Waals surface area (Å²) < 4.78 is 0. The summed E-state index contributed by atoms with van der Waals surface area (Å²) in [6, 6.07) is 3.57. The highest BCUT2D eigenvalue weighted by atomic mass is 32.2. The maximum Gasteiger partial charge on any atom is 0.255 e. The average molecular weight is 253 g/mol. The van der Waals surface area contributed by atoms with Crippen molar-refractivity contribution < 1.29 is 4.79 Å². The summed E-state index contributed by atoms with van der Waals surface area (Å²) >= 11 is 1.71. The van der Waals surface area contributed by atoms with Gasteiger partial charge in [0.05, 0.1) is 5.56 Å². The normalized spacial score (nSPS) is 10.0. The van der Waals surface area contributed by atoms with Gasteiger partial charge in [-0.1, -0.05) is 6.92 Å². The van der Waals surface area contributed by atoms with Crippen LogP contribution in [0.5, 0.6) is 0 Å². The average Bonchev–Trinajstić information content (AvgIpc) is 2.37. The fourth-order valence-corrected chi connectivity index (χ4v) is 1.64. The molecule has 0 aromatic carbocycles. The molecule has 1 heterocycles. The number of nitrogens with one attached hydrogen (secondary N) is 2. The summed E-state index contributed by atoms with van der Waals surface area (Å²) in [5, 5.41) is 6.03. The number of hydrogen-bond acceptors (Lipinski definition) is 4. The molecule has 0 radical (unpaired) electrons. The highest BCUT2D eigenvalue weighted by Crippen LogP contribution is 2.11. The summed E-state index contributed by atoms with van der Waals surface area (Å²) in [5.41, 5.74) is 0.613. The molecule has 5 heteroatoms. The first-order chi connectivity index (χ1) is 8.29. The topological polar surface area (TPSA) is 54.0 Å². The molecular weight excluding hydrogens is 234 g/mol. The summed E-state index contributed by atoms with van der Waals surface area (Å²) in [6.07, 6.45) is 4.71. The number of amides is 1. The Morgan fingerprint density at radius 2 is 2.29 bits per heavy atom. The number of pyridine rings is 1. The molecule has 0 aliphatic carbocycles. The Hall–Kier alpha value is -1.23. The van der Waals surface area contributed by atoms with Crippen LogP contribution in [-0.4, -0.2) is 36.0 Å². The van der Waals surface area contributed by atoms with E-state index in [4.69, 9.17) is 0 Å². The molecule has 94 valence electrons. The van der Waals surface area contributed by atoms with Crippen LogP contribution in [-0.2, 0) is 0 Å². The predicted octanol–water partition coefficient (Wildman–Crippen LogP) is 2.00. The summed E-state index contributed by atoms with van der Waals surface area (Å²) in [6.45, 7) is 3.58. The predicted molar refractivity (Wildman–Crippen MR) is 73.7 cm³/mol. The van der Waals surface area contributed by atoms with Crippen LogP contribution in [0.2, 0.25) is 0 Å². The fourth-order valence-electron chi connectivity index (χ4n) is 1.33. The molecule has 1 amide bonds. The van der Waals surface area contributed by atoms with Crippen LogP contribution in [0.3, 0.4) is 0 Å². The van der Waals surface area contributed by atoms with Gasteiger partial charge in [-0.2, -0.15) is 11.8 Å². The first-order valence-corrected chi connectivity index (χ1v) is 7.15. The summed E-state index contributed by atoms with van der Waals surface area (Å²) in [7, 11) is 0. The molecule has 1 rings (SSSR count). The van der Waals surface area contributed by atoms with Crippen molar-refractivity contribution in [2.24, 2.45) is 0 Å². The maximum absolute atomic E-state index is 11.9. The Balaban J connectivity index is 2.64. The quantitative estimate of drug-likeness (QED) is 0.730.